The minimum absolute atomic E-state index is 0.00447. The van der Waals surface area contributed by atoms with E-state index in [0.717, 1.165) is 17.5 Å². The van der Waals surface area contributed by atoms with Crippen molar-refractivity contribution in [1.29, 1.82) is 0 Å². The van der Waals surface area contributed by atoms with Crippen molar-refractivity contribution in [1.82, 2.24) is 20.5 Å². The second-order valence-corrected chi connectivity index (χ2v) is 6.85. The van der Waals surface area contributed by atoms with Crippen molar-refractivity contribution in [3.05, 3.63) is 71.9 Å². The zero-order valence-electron chi connectivity index (χ0n) is 16.4. The number of carbonyl (C=O) groups excluding carboxylic acids is 1. The standard InChI is InChI=1S/C22H27N5O/c1-27(2)21(28)16-25-22(24-15-17-8-4-3-5-9-17)23-13-12-19-14-18-10-6-7-11-20(18)26-19/h3-11,14,26H,12-13,15-16H2,1-2H3,(H2,23,24,25). The lowest BCUT2D eigenvalue weighted by Gasteiger charge is -2.15. The number of nitrogens with one attached hydrogen (secondary N) is 3. The van der Waals surface area contributed by atoms with Crippen LogP contribution in [0.2, 0.25) is 0 Å². The summed E-state index contributed by atoms with van der Waals surface area (Å²) in [6.45, 7) is 1.47. The van der Waals surface area contributed by atoms with Crippen LogP contribution in [0.5, 0.6) is 0 Å². The fraction of sp³-hybridized carbons (Fsp3) is 0.273. The molecule has 1 aromatic heterocycles. The lowest BCUT2D eigenvalue weighted by molar-refractivity contribution is -0.127. The summed E-state index contributed by atoms with van der Waals surface area (Å²) in [5.41, 5.74) is 3.43. The van der Waals surface area contributed by atoms with Crippen molar-refractivity contribution in [3.63, 3.8) is 0 Å². The normalized spacial score (nSPS) is 11.4. The Bertz CT molecular complexity index is 897. The van der Waals surface area contributed by atoms with Gasteiger partial charge in [0.1, 0.15) is 0 Å². The topological polar surface area (TPSA) is 72.5 Å². The van der Waals surface area contributed by atoms with E-state index < -0.39 is 0 Å². The Morgan fingerprint density at radius 2 is 1.79 bits per heavy atom. The largest absolute Gasteiger partial charge is 0.358 e. The number of aromatic amines is 1. The Labute approximate surface area is 165 Å². The summed E-state index contributed by atoms with van der Waals surface area (Å²) in [6, 6.07) is 20.5. The highest BCUT2D eigenvalue weighted by Gasteiger charge is 2.06. The van der Waals surface area contributed by atoms with Crippen LogP contribution in [-0.4, -0.2) is 48.9 Å². The first-order valence-electron chi connectivity index (χ1n) is 9.45. The number of para-hydroxylation sites is 1. The third-order valence-electron chi connectivity index (χ3n) is 4.44. The average molecular weight is 377 g/mol. The minimum atomic E-state index is 0.00447. The lowest BCUT2D eigenvalue weighted by atomic mass is 10.2. The van der Waals surface area contributed by atoms with E-state index in [2.05, 4.69) is 38.8 Å². The molecule has 6 nitrogen and oxygen atoms in total. The van der Waals surface area contributed by atoms with Crippen molar-refractivity contribution >= 4 is 22.8 Å². The molecule has 28 heavy (non-hydrogen) atoms. The molecule has 0 spiro atoms. The Morgan fingerprint density at radius 3 is 2.54 bits per heavy atom. The molecule has 3 N–H and O–H groups in total. The number of benzene rings is 2. The van der Waals surface area contributed by atoms with Gasteiger partial charge in [-0.15, -0.1) is 0 Å². The van der Waals surface area contributed by atoms with Crippen LogP contribution < -0.4 is 10.6 Å². The fourth-order valence-corrected chi connectivity index (χ4v) is 2.83. The molecule has 3 aromatic rings. The maximum absolute atomic E-state index is 11.9. The molecular formula is C22H27N5O. The molecule has 146 valence electrons. The van der Waals surface area contributed by atoms with E-state index in [1.165, 1.54) is 11.1 Å². The number of amides is 1. The van der Waals surface area contributed by atoms with Gasteiger partial charge in [-0.1, -0.05) is 48.5 Å². The van der Waals surface area contributed by atoms with Gasteiger partial charge in [0.25, 0.3) is 0 Å². The Balaban J connectivity index is 1.59. The number of aromatic nitrogens is 1. The number of aliphatic imine (C=N–C) groups is 1. The van der Waals surface area contributed by atoms with Gasteiger partial charge in [-0.05, 0) is 23.1 Å². The maximum Gasteiger partial charge on any atom is 0.241 e. The molecule has 2 aromatic carbocycles. The number of H-pyrrole nitrogens is 1. The molecule has 0 unspecified atom stereocenters. The fourth-order valence-electron chi connectivity index (χ4n) is 2.83. The van der Waals surface area contributed by atoms with E-state index in [-0.39, 0.29) is 12.5 Å². The first kappa shape index (κ1) is 19.5. The molecule has 1 amide bonds. The Kier molecular flexibility index (Phi) is 6.68. The molecule has 0 radical (unpaired) electrons. The van der Waals surface area contributed by atoms with Crippen molar-refractivity contribution in [3.8, 4) is 0 Å². The highest BCUT2D eigenvalue weighted by Crippen LogP contribution is 2.14. The predicted molar refractivity (Wildman–Crippen MR) is 114 cm³/mol. The van der Waals surface area contributed by atoms with Crippen LogP contribution in [0.25, 0.3) is 10.9 Å². The van der Waals surface area contributed by atoms with Crippen LogP contribution in [0.15, 0.2) is 65.7 Å². The van der Waals surface area contributed by atoms with E-state index in [9.17, 15) is 4.79 Å². The number of fused-ring (bicyclic) bond motifs is 1. The highest BCUT2D eigenvalue weighted by atomic mass is 16.2. The summed E-state index contributed by atoms with van der Waals surface area (Å²) in [5, 5.41) is 7.66. The Morgan fingerprint density at radius 1 is 1.04 bits per heavy atom. The molecule has 1 heterocycles. The van der Waals surface area contributed by atoms with E-state index in [0.29, 0.717) is 19.0 Å². The second-order valence-electron chi connectivity index (χ2n) is 6.85. The molecule has 0 aliphatic heterocycles. The van der Waals surface area contributed by atoms with E-state index in [1.807, 2.05) is 42.5 Å². The van der Waals surface area contributed by atoms with E-state index >= 15 is 0 Å². The highest BCUT2D eigenvalue weighted by molar-refractivity contribution is 5.86. The van der Waals surface area contributed by atoms with Crippen LogP contribution >= 0.6 is 0 Å². The third kappa shape index (κ3) is 5.61. The van der Waals surface area contributed by atoms with Crippen LogP contribution in [0.1, 0.15) is 11.3 Å². The molecule has 0 aliphatic carbocycles. The smallest absolute Gasteiger partial charge is 0.241 e. The summed E-state index contributed by atoms with van der Waals surface area (Å²) in [4.78, 5) is 21.5. The molecule has 0 fully saturated rings. The molecule has 0 bridgehead atoms. The van der Waals surface area contributed by atoms with Crippen LogP contribution in [0.3, 0.4) is 0 Å². The van der Waals surface area contributed by atoms with Gasteiger partial charge in [-0.2, -0.15) is 0 Å². The lowest BCUT2D eigenvalue weighted by Crippen LogP contribution is -2.43. The van der Waals surface area contributed by atoms with Gasteiger partial charge in [0, 0.05) is 38.3 Å². The minimum Gasteiger partial charge on any atom is -0.358 e. The zero-order valence-corrected chi connectivity index (χ0v) is 16.4. The molecule has 0 atom stereocenters. The molecular weight excluding hydrogens is 350 g/mol. The Hall–Kier alpha value is -3.28. The molecule has 3 rings (SSSR count). The number of likely N-dealkylation sites (N-methyl/N-ethyl adjacent to an activating group) is 1. The van der Waals surface area contributed by atoms with Crippen LogP contribution in [-0.2, 0) is 17.8 Å². The molecule has 0 saturated carbocycles. The van der Waals surface area contributed by atoms with Gasteiger partial charge in [0.05, 0.1) is 13.1 Å². The maximum atomic E-state index is 11.9. The summed E-state index contributed by atoms with van der Waals surface area (Å²) in [5.74, 6) is 0.639. The average Bonchev–Trinajstić information content (AvgIpc) is 3.12. The number of rotatable bonds is 7. The van der Waals surface area contributed by atoms with Crippen molar-refractivity contribution in [2.24, 2.45) is 4.99 Å². The van der Waals surface area contributed by atoms with Crippen LogP contribution in [0, 0.1) is 0 Å². The number of guanidine groups is 1. The quantitative estimate of drug-likeness (QED) is 0.438. The van der Waals surface area contributed by atoms with Gasteiger partial charge in [-0.3, -0.25) is 4.79 Å². The van der Waals surface area contributed by atoms with Crippen molar-refractivity contribution in [2.75, 3.05) is 27.2 Å². The number of nitrogens with zero attached hydrogens (tertiary/aromatic N) is 2. The van der Waals surface area contributed by atoms with Crippen LogP contribution in [0.4, 0.5) is 0 Å². The van der Waals surface area contributed by atoms with Gasteiger partial charge in [0.15, 0.2) is 5.96 Å². The molecule has 0 saturated heterocycles. The predicted octanol–water partition coefficient (Wildman–Crippen LogP) is 2.53. The molecule has 0 aliphatic rings. The number of hydrogen-bond donors (Lipinski definition) is 3. The van der Waals surface area contributed by atoms with E-state index in [1.54, 1.807) is 19.0 Å². The first-order chi connectivity index (χ1) is 13.6. The van der Waals surface area contributed by atoms with Crippen molar-refractivity contribution < 1.29 is 4.79 Å². The summed E-state index contributed by atoms with van der Waals surface area (Å²) in [7, 11) is 3.49. The number of carbonyl (C=O) groups is 1. The van der Waals surface area contributed by atoms with Gasteiger partial charge < -0.3 is 20.5 Å². The summed E-state index contributed by atoms with van der Waals surface area (Å²) in [6.07, 6.45) is 0.836. The van der Waals surface area contributed by atoms with E-state index in [4.69, 9.17) is 0 Å². The van der Waals surface area contributed by atoms with Gasteiger partial charge in [-0.25, -0.2) is 4.99 Å². The SMILES string of the molecule is CN(C)C(=O)CNC(=NCc1ccccc1)NCCc1cc2ccccc2[nH]1. The third-order valence-corrected chi connectivity index (χ3v) is 4.44. The van der Waals surface area contributed by atoms with Crippen molar-refractivity contribution in [2.45, 2.75) is 13.0 Å². The first-order valence-corrected chi connectivity index (χ1v) is 9.45. The van der Waals surface area contributed by atoms with Gasteiger partial charge >= 0.3 is 0 Å². The van der Waals surface area contributed by atoms with Gasteiger partial charge in [0.2, 0.25) is 5.91 Å². The summed E-state index contributed by atoms with van der Waals surface area (Å²) >= 11 is 0. The number of hydrogen-bond acceptors (Lipinski definition) is 2. The summed E-state index contributed by atoms with van der Waals surface area (Å²) < 4.78 is 0. The second kappa shape index (κ2) is 9.60. The monoisotopic (exact) mass is 377 g/mol. The molecule has 6 heteroatoms. The zero-order chi connectivity index (χ0) is 19.8.